The fourth-order valence-corrected chi connectivity index (χ4v) is 1.66. The first-order valence-corrected chi connectivity index (χ1v) is 5.45. The van der Waals surface area contributed by atoms with E-state index in [1.54, 1.807) is 22.9 Å². The highest BCUT2D eigenvalue weighted by molar-refractivity contribution is 6.33. The van der Waals surface area contributed by atoms with Gasteiger partial charge in [-0.1, -0.05) is 28.4 Å². The zero-order chi connectivity index (χ0) is 12.3. The molecule has 0 spiro atoms. The molecule has 17 heavy (non-hydrogen) atoms. The number of benzene rings is 1. The first-order valence-electron chi connectivity index (χ1n) is 4.70. The Kier molecular flexibility index (Phi) is 3.61. The minimum absolute atomic E-state index is 0.151. The van der Waals surface area contributed by atoms with Crippen LogP contribution < -0.4 is 5.49 Å². The van der Waals surface area contributed by atoms with Crippen LogP contribution in [0.3, 0.4) is 0 Å². The van der Waals surface area contributed by atoms with Crippen LogP contribution in [0.4, 0.5) is 0 Å². The highest BCUT2D eigenvalue weighted by Gasteiger charge is 2.02. The second kappa shape index (κ2) is 5.16. The normalized spacial score (nSPS) is 11.8. The molecule has 0 unspecified atom stereocenters. The van der Waals surface area contributed by atoms with Crippen molar-refractivity contribution in [3.05, 3.63) is 51.8 Å². The van der Waals surface area contributed by atoms with Crippen LogP contribution in [0.15, 0.2) is 35.9 Å². The number of nitrogens with zero attached hydrogens (tertiary/aromatic N) is 4. The molecule has 0 saturated carbocycles. The Morgan fingerprint density at radius 3 is 2.82 bits per heavy atom. The molecule has 1 heterocycles. The van der Waals surface area contributed by atoms with E-state index in [1.165, 1.54) is 12.5 Å². The summed E-state index contributed by atoms with van der Waals surface area (Å²) >= 11 is 11.9. The molecule has 1 aromatic heterocycles. The van der Waals surface area contributed by atoms with Gasteiger partial charge in [0.25, 0.3) is 0 Å². The molecule has 0 saturated heterocycles. The second-order valence-electron chi connectivity index (χ2n) is 3.28. The van der Waals surface area contributed by atoms with Crippen molar-refractivity contribution in [1.82, 2.24) is 14.8 Å². The van der Waals surface area contributed by atoms with Gasteiger partial charge in [-0.15, -0.1) is 0 Å². The summed E-state index contributed by atoms with van der Waals surface area (Å²) < 4.78 is 1.56. The maximum Gasteiger partial charge on any atom is 0.212 e. The summed E-state index contributed by atoms with van der Waals surface area (Å²) in [5.41, 5.74) is 0.991. The minimum atomic E-state index is 0.151. The third kappa shape index (κ3) is 2.95. The Balaban J connectivity index is 2.28. The highest BCUT2D eigenvalue weighted by atomic mass is 35.5. The lowest BCUT2D eigenvalue weighted by atomic mass is 10.2. The van der Waals surface area contributed by atoms with E-state index < -0.39 is 0 Å². The van der Waals surface area contributed by atoms with Crippen LogP contribution in [0.5, 0.6) is 0 Å². The Morgan fingerprint density at radius 1 is 1.35 bits per heavy atom. The summed E-state index contributed by atoms with van der Waals surface area (Å²) in [7, 11) is 0. The van der Waals surface area contributed by atoms with Crippen molar-refractivity contribution in [3.8, 4) is 0 Å². The monoisotopic (exact) mass is 270 g/mol. The molecule has 0 atom stereocenters. The third-order valence-corrected chi connectivity index (χ3v) is 2.69. The van der Waals surface area contributed by atoms with Crippen molar-refractivity contribution in [2.75, 3.05) is 0 Å². The van der Waals surface area contributed by atoms with Gasteiger partial charge in [-0.05, 0) is 23.8 Å². The highest BCUT2D eigenvalue weighted by Crippen LogP contribution is 2.20. The molecule has 0 fully saturated rings. The van der Waals surface area contributed by atoms with Gasteiger partial charge in [0.1, 0.15) is 6.33 Å². The molecule has 1 N–H and O–H groups in total. The fourth-order valence-electron chi connectivity index (χ4n) is 1.29. The molecule has 1 aromatic carbocycles. The smallest absolute Gasteiger partial charge is 0.212 e. The van der Waals surface area contributed by atoms with Crippen molar-refractivity contribution in [1.29, 1.82) is 0 Å². The molecule has 0 aliphatic heterocycles. The molecule has 0 aliphatic carbocycles. The standard InChI is InChI=1S/C10H8Cl2N4O/c11-8-1-2-9(12)7(3-8)5-16-6-13-10(15-17)4-14-16/h1-4,6,17H,5H2/b15-10-. The maximum absolute atomic E-state index is 8.47. The van der Waals surface area contributed by atoms with Gasteiger partial charge in [0.05, 0.1) is 12.7 Å². The van der Waals surface area contributed by atoms with E-state index in [0.717, 1.165) is 5.56 Å². The summed E-state index contributed by atoms with van der Waals surface area (Å²) in [6.45, 7) is 0.443. The van der Waals surface area contributed by atoms with Crippen LogP contribution in [-0.4, -0.2) is 20.0 Å². The van der Waals surface area contributed by atoms with E-state index in [1.807, 2.05) is 0 Å². The van der Waals surface area contributed by atoms with Crippen molar-refractivity contribution < 1.29 is 5.21 Å². The Labute approximate surface area is 107 Å². The molecule has 0 aliphatic rings. The SMILES string of the molecule is O/N=c1/cnn(Cc2cc(Cl)ccc2Cl)cn1. The average molecular weight is 271 g/mol. The zero-order valence-electron chi connectivity index (χ0n) is 8.59. The summed E-state index contributed by atoms with van der Waals surface area (Å²) in [6.07, 6.45) is 2.80. The van der Waals surface area contributed by atoms with Gasteiger partial charge in [-0.25, -0.2) is 9.67 Å². The molecule has 2 aromatic rings. The Hall–Kier alpha value is -1.59. The van der Waals surface area contributed by atoms with Crippen LogP contribution in [0.1, 0.15) is 5.56 Å². The maximum atomic E-state index is 8.47. The Morgan fingerprint density at radius 2 is 2.18 bits per heavy atom. The van der Waals surface area contributed by atoms with E-state index in [2.05, 4.69) is 15.2 Å². The predicted molar refractivity (Wildman–Crippen MR) is 62.9 cm³/mol. The van der Waals surface area contributed by atoms with Crippen molar-refractivity contribution in [2.24, 2.45) is 5.16 Å². The zero-order valence-corrected chi connectivity index (χ0v) is 10.1. The summed E-state index contributed by atoms with van der Waals surface area (Å²) in [6, 6.07) is 5.21. The lowest BCUT2D eigenvalue weighted by Gasteiger charge is -2.06. The molecular formula is C10H8Cl2N4O. The average Bonchev–Trinajstić information content (AvgIpc) is 2.35. The summed E-state index contributed by atoms with van der Waals surface area (Å²) in [4.78, 5) is 3.85. The number of hydrogen-bond acceptors (Lipinski definition) is 4. The lowest BCUT2D eigenvalue weighted by molar-refractivity contribution is 0.297. The minimum Gasteiger partial charge on any atom is -0.409 e. The van der Waals surface area contributed by atoms with Crippen LogP contribution in [0.2, 0.25) is 10.0 Å². The van der Waals surface area contributed by atoms with Gasteiger partial charge in [-0.3, -0.25) is 0 Å². The van der Waals surface area contributed by atoms with Crippen molar-refractivity contribution in [3.63, 3.8) is 0 Å². The molecule has 2 rings (SSSR count). The van der Waals surface area contributed by atoms with E-state index >= 15 is 0 Å². The number of halogens is 2. The van der Waals surface area contributed by atoms with Gasteiger partial charge in [-0.2, -0.15) is 5.10 Å². The van der Waals surface area contributed by atoms with Gasteiger partial charge in [0, 0.05) is 10.0 Å². The van der Waals surface area contributed by atoms with Crippen LogP contribution in [0.25, 0.3) is 0 Å². The quantitative estimate of drug-likeness (QED) is 0.670. The van der Waals surface area contributed by atoms with E-state index in [4.69, 9.17) is 28.4 Å². The Bertz CT molecular complexity index is 577. The summed E-state index contributed by atoms with van der Waals surface area (Å²) in [5, 5.41) is 16.6. The van der Waals surface area contributed by atoms with E-state index in [-0.39, 0.29) is 5.49 Å². The molecule has 0 radical (unpaired) electrons. The molecular weight excluding hydrogens is 263 g/mol. The van der Waals surface area contributed by atoms with Crippen molar-refractivity contribution in [2.45, 2.75) is 6.54 Å². The number of hydrogen-bond donors (Lipinski definition) is 1. The third-order valence-electron chi connectivity index (χ3n) is 2.09. The van der Waals surface area contributed by atoms with Crippen molar-refractivity contribution >= 4 is 23.2 Å². The largest absolute Gasteiger partial charge is 0.409 e. The predicted octanol–water partition coefficient (Wildman–Crippen LogP) is 1.92. The lowest BCUT2D eigenvalue weighted by Crippen LogP contribution is -2.15. The van der Waals surface area contributed by atoms with Crippen LogP contribution >= 0.6 is 23.2 Å². The molecule has 5 nitrogen and oxygen atoms in total. The van der Waals surface area contributed by atoms with Crippen LogP contribution in [-0.2, 0) is 6.54 Å². The first-order chi connectivity index (χ1) is 8.19. The molecule has 0 bridgehead atoms. The number of rotatable bonds is 2. The summed E-state index contributed by atoms with van der Waals surface area (Å²) in [5.74, 6) is 0. The number of aromatic nitrogens is 3. The van der Waals surface area contributed by atoms with E-state index in [9.17, 15) is 0 Å². The topological polar surface area (TPSA) is 63.3 Å². The fraction of sp³-hybridized carbons (Fsp3) is 0.100. The second-order valence-corrected chi connectivity index (χ2v) is 4.12. The van der Waals surface area contributed by atoms with Gasteiger partial charge < -0.3 is 5.21 Å². The molecule has 0 amide bonds. The first kappa shape index (κ1) is 11.9. The van der Waals surface area contributed by atoms with Gasteiger partial charge in [0.15, 0.2) is 0 Å². The molecule has 88 valence electrons. The van der Waals surface area contributed by atoms with E-state index in [0.29, 0.717) is 16.6 Å². The van der Waals surface area contributed by atoms with Crippen LogP contribution in [0, 0.1) is 0 Å². The molecule has 7 heteroatoms. The van der Waals surface area contributed by atoms with Gasteiger partial charge >= 0.3 is 0 Å². The van der Waals surface area contributed by atoms with Gasteiger partial charge in [0.2, 0.25) is 5.49 Å².